The van der Waals surface area contributed by atoms with Gasteiger partial charge in [0.2, 0.25) is 0 Å². The number of hydrogen-bond donors (Lipinski definition) is 1. The van der Waals surface area contributed by atoms with Crippen LogP contribution in [0.25, 0.3) is 0 Å². The van der Waals surface area contributed by atoms with Crippen molar-refractivity contribution in [3.63, 3.8) is 0 Å². The Morgan fingerprint density at radius 1 is 1.05 bits per heavy atom. The second-order valence-corrected chi connectivity index (χ2v) is 5.90. The molecule has 0 amide bonds. The van der Waals surface area contributed by atoms with E-state index < -0.39 is 23.0 Å². The summed E-state index contributed by atoms with van der Waals surface area (Å²) in [6, 6.07) is 7.73. The lowest BCUT2D eigenvalue weighted by molar-refractivity contribution is 0.465. The minimum atomic E-state index is -1.07. The molecular weight excluding hydrogens is 331 g/mol. The summed E-state index contributed by atoms with van der Waals surface area (Å²) in [5, 5.41) is 0. The molecule has 0 bridgehead atoms. The summed E-state index contributed by atoms with van der Waals surface area (Å²) < 4.78 is 40.9. The van der Waals surface area contributed by atoms with Gasteiger partial charge in [0.1, 0.15) is 17.5 Å². The third kappa shape index (κ3) is 3.41. The molecule has 2 aromatic rings. The van der Waals surface area contributed by atoms with E-state index in [2.05, 4.69) is 15.9 Å². The van der Waals surface area contributed by atoms with Crippen LogP contribution in [0.4, 0.5) is 13.2 Å². The lowest BCUT2D eigenvalue weighted by atomic mass is 9.86. The topological polar surface area (TPSA) is 26.0 Å². The predicted octanol–water partition coefficient (Wildman–Crippen LogP) is 4.28. The van der Waals surface area contributed by atoms with Gasteiger partial charge >= 0.3 is 0 Å². The average Bonchev–Trinajstić information content (AvgIpc) is 2.31. The zero-order valence-electron chi connectivity index (χ0n) is 10.8. The highest BCUT2D eigenvalue weighted by atomic mass is 79.9. The van der Waals surface area contributed by atoms with Crippen molar-refractivity contribution in [3.05, 3.63) is 69.4 Å². The molecule has 1 atom stereocenters. The molecule has 1 nitrogen and oxygen atoms in total. The van der Waals surface area contributed by atoms with Gasteiger partial charge in [0.25, 0.3) is 0 Å². The summed E-state index contributed by atoms with van der Waals surface area (Å²) in [4.78, 5) is 0. The molecule has 2 aromatic carbocycles. The molecule has 0 radical (unpaired) electrons. The summed E-state index contributed by atoms with van der Waals surface area (Å²) in [5.41, 5.74) is 5.71. The molecule has 0 aliphatic carbocycles. The van der Waals surface area contributed by atoms with Crippen LogP contribution in [0.2, 0.25) is 0 Å². The van der Waals surface area contributed by atoms with Crippen molar-refractivity contribution in [2.24, 2.45) is 5.73 Å². The summed E-state index contributed by atoms with van der Waals surface area (Å²) >= 11 is 3.17. The van der Waals surface area contributed by atoms with Gasteiger partial charge in [0.05, 0.1) is 0 Å². The zero-order chi connectivity index (χ0) is 14.9. The maximum Gasteiger partial charge on any atom is 0.127 e. The predicted molar refractivity (Wildman–Crippen MR) is 75.7 cm³/mol. The number of rotatable bonds is 3. The maximum atomic E-state index is 13.8. The molecule has 0 fully saturated rings. The van der Waals surface area contributed by atoms with Gasteiger partial charge in [-0.25, -0.2) is 13.2 Å². The average molecular weight is 344 g/mol. The summed E-state index contributed by atoms with van der Waals surface area (Å²) in [6.45, 7) is 1.61. The number of nitrogens with two attached hydrogens (primary N) is 1. The zero-order valence-corrected chi connectivity index (χ0v) is 12.3. The highest BCUT2D eigenvalue weighted by molar-refractivity contribution is 9.10. The van der Waals surface area contributed by atoms with Gasteiger partial charge in [-0.2, -0.15) is 0 Å². The third-order valence-electron chi connectivity index (χ3n) is 3.09. The van der Waals surface area contributed by atoms with E-state index in [1.165, 1.54) is 18.2 Å². The molecule has 0 aliphatic rings. The molecule has 20 heavy (non-hydrogen) atoms. The fourth-order valence-corrected chi connectivity index (χ4v) is 2.38. The Morgan fingerprint density at radius 2 is 1.65 bits per heavy atom. The first-order chi connectivity index (χ1) is 9.28. The van der Waals surface area contributed by atoms with Crippen molar-refractivity contribution >= 4 is 15.9 Å². The Kier molecular flexibility index (Phi) is 4.20. The van der Waals surface area contributed by atoms with Crippen molar-refractivity contribution in [1.82, 2.24) is 0 Å². The van der Waals surface area contributed by atoms with E-state index in [4.69, 9.17) is 5.73 Å². The van der Waals surface area contributed by atoms with Crippen LogP contribution in [0.3, 0.4) is 0 Å². The smallest absolute Gasteiger partial charge is 0.127 e. The molecule has 0 aliphatic heterocycles. The van der Waals surface area contributed by atoms with Crippen molar-refractivity contribution < 1.29 is 13.2 Å². The molecule has 2 N–H and O–H groups in total. The van der Waals surface area contributed by atoms with E-state index in [1.807, 2.05) is 0 Å². The van der Waals surface area contributed by atoms with Crippen LogP contribution >= 0.6 is 15.9 Å². The van der Waals surface area contributed by atoms with Gasteiger partial charge in [-0.15, -0.1) is 0 Å². The van der Waals surface area contributed by atoms with Crippen LogP contribution in [0.15, 0.2) is 40.9 Å². The molecule has 5 heteroatoms. The molecule has 2 rings (SSSR count). The fourth-order valence-electron chi connectivity index (χ4n) is 2.05. The minimum absolute atomic E-state index is 0.134. The van der Waals surface area contributed by atoms with Crippen LogP contribution in [0.1, 0.15) is 18.1 Å². The van der Waals surface area contributed by atoms with E-state index in [-0.39, 0.29) is 12.0 Å². The minimum Gasteiger partial charge on any atom is -0.321 e. The lowest BCUT2D eigenvalue weighted by Gasteiger charge is -2.26. The number of halogens is 4. The third-order valence-corrected chi connectivity index (χ3v) is 3.59. The van der Waals surface area contributed by atoms with E-state index in [9.17, 15) is 13.2 Å². The first kappa shape index (κ1) is 15.1. The van der Waals surface area contributed by atoms with Crippen molar-refractivity contribution in [2.75, 3.05) is 0 Å². The first-order valence-electron chi connectivity index (χ1n) is 5.97. The van der Waals surface area contributed by atoms with E-state index in [0.717, 1.165) is 6.07 Å². The highest BCUT2D eigenvalue weighted by Gasteiger charge is 2.24. The monoisotopic (exact) mass is 343 g/mol. The first-order valence-corrected chi connectivity index (χ1v) is 6.76. The molecule has 0 spiro atoms. The molecule has 0 saturated carbocycles. The molecule has 106 valence electrons. The standard InChI is InChI=1S/C15H13BrF3N/c1-15(20,10-4-12(17)7-13(18)5-10)8-9-2-3-11(16)6-14(9)19/h2-7H,8,20H2,1H3. The highest BCUT2D eigenvalue weighted by Crippen LogP contribution is 2.26. The second-order valence-electron chi connectivity index (χ2n) is 4.99. The van der Waals surface area contributed by atoms with Crippen LogP contribution in [-0.4, -0.2) is 0 Å². The maximum absolute atomic E-state index is 13.8. The molecule has 1 unspecified atom stereocenters. The Labute approximate surface area is 123 Å². The fraction of sp³-hybridized carbons (Fsp3) is 0.200. The quantitative estimate of drug-likeness (QED) is 0.884. The van der Waals surface area contributed by atoms with Crippen molar-refractivity contribution in [1.29, 1.82) is 0 Å². The van der Waals surface area contributed by atoms with Gasteiger partial charge in [0.15, 0.2) is 0 Å². The van der Waals surface area contributed by atoms with Crippen LogP contribution < -0.4 is 5.73 Å². The Hall–Kier alpha value is -1.33. The molecule has 0 saturated heterocycles. The largest absolute Gasteiger partial charge is 0.321 e. The Bertz CT molecular complexity index is 621. The summed E-state index contributed by atoms with van der Waals surface area (Å²) in [5.74, 6) is -1.81. The SMILES string of the molecule is CC(N)(Cc1ccc(Br)cc1F)c1cc(F)cc(F)c1. The molecule has 0 aromatic heterocycles. The van der Waals surface area contributed by atoms with Gasteiger partial charge in [-0.05, 0) is 48.7 Å². The van der Waals surface area contributed by atoms with Crippen LogP contribution in [0, 0.1) is 17.5 Å². The van der Waals surface area contributed by atoms with Gasteiger partial charge in [-0.3, -0.25) is 0 Å². The van der Waals surface area contributed by atoms with Crippen molar-refractivity contribution in [3.8, 4) is 0 Å². The summed E-state index contributed by atoms with van der Waals surface area (Å²) in [6.07, 6.45) is 0.134. The molecule has 0 heterocycles. The van der Waals surface area contributed by atoms with E-state index in [1.54, 1.807) is 19.1 Å². The van der Waals surface area contributed by atoms with Crippen LogP contribution in [0.5, 0.6) is 0 Å². The summed E-state index contributed by atoms with van der Waals surface area (Å²) in [7, 11) is 0. The van der Waals surface area contributed by atoms with Gasteiger partial charge < -0.3 is 5.73 Å². The van der Waals surface area contributed by atoms with E-state index >= 15 is 0 Å². The van der Waals surface area contributed by atoms with Gasteiger partial charge in [-0.1, -0.05) is 22.0 Å². The molecular formula is C15H13BrF3N. The lowest BCUT2D eigenvalue weighted by Crippen LogP contribution is -2.36. The number of hydrogen-bond acceptors (Lipinski definition) is 1. The normalized spacial score (nSPS) is 14.1. The Balaban J connectivity index is 2.34. The number of benzene rings is 2. The second kappa shape index (κ2) is 5.58. The van der Waals surface area contributed by atoms with Gasteiger partial charge in [0, 0.05) is 16.1 Å². The van der Waals surface area contributed by atoms with Crippen LogP contribution in [-0.2, 0) is 12.0 Å². The van der Waals surface area contributed by atoms with Crippen molar-refractivity contribution in [2.45, 2.75) is 18.9 Å². The van der Waals surface area contributed by atoms with E-state index in [0.29, 0.717) is 10.0 Å². The Morgan fingerprint density at radius 3 is 2.20 bits per heavy atom.